The Hall–Kier alpha value is -4.40. The Bertz CT molecular complexity index is 1680. The van der Waals surface area contributed by atoms with Crippen molar-refractivity contribution in [1.82, 2.24) is 0 Å². The first kappa shape index (κ1) is 37.4. The largest absolute Gasteiger partial charge is 0.497 e. The van der Waals surface area contributed by atoms with Crippen LogP contribution in [0.25, 0.3) is 0 Å². The number of likely N-dealkylation sites (N-methyl/N-ethyl adjacent to an activating group) is 2. The zero-order valence-corrected chi connectivity index (χ0v) is 32.5. The van der Waals surface area contributed by atoms with Crippen LogP contribution in [0.1, 0.15) is 58.3 Å². The number of unbranched alkanes of at least 4 members (excludes halogenated alkanes) is 1. The van der Waals surface area contributed by atoms with Crippen molar-refractivity contribution >= 4 is 0 Å². The van der Waals surface area contributed by atoms with Crippen molar-refractivity contribution in [3.05, 3.63) is 106 Å². The van der Waals surface area contributed by atoms with Gasteiger partial charge >= 0.3 is 0 Å². The first-order chi connectivity index (χ1) is 25.2. The third kappa shape index (κ3) is 7.69. The second kappa shape index (κ2) is 16.1. The Balaban J connectivity index is 1.24. The lowest BCUT2D eigenvalue weighted by Gasteiger charge is -2.47. The van der Waals surface area contributed by atoms with Gasteiger partial charge in [-0.3, -0.25) is 0 Å². The predicted molar refractivity (Wildman–Crippen MR) is 206 cm³/mol. The van der Waals surface area contributed by atoms with Crippen molar-refractivity contribution in [1.29, 1.82) is 0 Å². The highest BCUT2D eigenvalue weighted by molar-refractivity contribution is 5.50. The van der Waals surface area contributed by atoms with E-state index in [1.807, 2.05) is 0 Å². The lowest BCUT2D eigenvalue weighted by Crippen LogP contribution is -2.54. The van der Waals surface area contributed by atoms with Crippen LogP contribution < -0.4 is 28.4 Å². The number of rotatable bonds is 15. The molecule has 0 N–H and O–H groups in total. The van der Waals surface area contributed by atoms with Crippen LogP contribution in [-0.2, 0) is 25.7 Å². The molecule has 0 bridgehead atoms. The molecule has 6 rings (SSSR count). The van der Waals surface area contributed by atoms with Crippen LogP contribution >= 0.6 is 0 Å². The van der Waals surface area contributed by atoms with E-state index in [1.165, 1.54) is 33.4 Å². The Labute approximate surface area is 311 Å². The Morgan fingerprint density at radius 3 is 1.15 bits per heavy atom. The fraction of sp³-hybridized carbons (Fsp3) is 0.455. The summed E-state index contributed by atoms with van der Waals surface area (Å²) < 4.78 is 36.0. The highest BCUT2D eigenvalue weighted by Crippen LogP contribution is 2.45. The van der Waals surface area contributed by atoms with Crippen LogP contribution in [0.3, 0.4) is 0 Å². The monoisotopic (exact) mass is 710 g/mol. The van der Waals surface area contributed by atoms with E-state index in [9.17, 15) is 0 Å². The third-order valence-corrected chi connectivity index (χ3v) is 12.1. The molecule has 0 saturated carbocycles. The van der Waals surface area contributed by atoms with Gasteiger partial charge in [0, 0.05) is 49.7 Å². The van der Waals surface area contributed by atoms with Crippen molar-refractivity contribution in [2.75, 3.05) is 82.9 Å². The third-order valence-electron chi connectivity index (χ3n) is 12.1. The van der Waals surface area contributed by atoms with Crippen LogP contribution in [0.4, 0.5) is 0 Å². The van der Waals surface area contributed by atoms with Crippen LogP contribution in [-0.4, -0.2) is 91.9 Å². The molecule has 2 heterocycles. The zero-order valence-electron chi connectivity index (χ0n) is 32.5. The van der Waals surface area contributed by atoms with E-state index in [-0.39, 0.29) is 0 Å². The van der Waals surface area contributed by atoms with Gasteiger partial charge in [-0.2, -0.15) is 0 Å². The number of ether oxygens (including phenoxy) is 6. The number of hydrogen-bond donors (Lipinski definition) is 0. The van der Waals surface area contributed by atoms with Crippen molar-refractivity contribution in [3.8, 4) is 34.5 Å². The van der Waals surface area contributed by atoms with E-state index in [2.05, 4.69) is 86.9 Å². The average molecular weight is 711 g/mol. The minimum absolute atomic E-state index is 0.300. The molecule has 0 radical (unpaired) electrons. The maximum atomic E-state index is 5.82. The molecule has 0 saturated heterocycles. The molecule has 278 valence electrons. The predicted octanol–water partition coefficient (Wildman–Crippen LogP) is 7.79. The van der Waals surface area contributed by atoms with E-state index in [4.69, 9.17) is 28.4 Å². The SMILES string of the molecule is COc1ccc(C[C@@H]2c3cc(OC)c(OC)cc3CC[N@+]2(C)CCCC[N@@+]2(C)CCc3cc(OC)c(OC)cc3[C@@H]2Cc2ccc(OC)cc2)cc1. The molecule has 52 heavy (non-hydrogen) atoms. The fourth-order valence-corrected chi connectivity index (χ4v) is 8.77. The highest BCUT2D eigenvalue weighted by atomic mass is 16.5. The van der Waals surface area contributed by atoms with Crippen molar-refractivity contribution in [2.24, 2.45) is 0 Å². The second-order valence-electron chi connectivity index (χ2n) is 15.0. The molecule has 0 aliphatic carbocycles. The molecule has 8 nitrogen and oxygen atoms in total. The van der Waals surface area contributed by atoms with Crippen LogP contribution in [0.15, 0.2) is 72.8 Å². The van der Waals surface area contributed by atoms with Gasteiger partial charge in [0.15, 0.2) is 23.0 Å². The standard InChI is InChI=1S/C44H58N2O6/c1-45(23-19-33-27-41(49-5)43(51-7)29-37(33)39(45)25-31-11-15-35(47-3)16-12-31)21-9-10-22-46(2)24-20-34-28-42(50-6)44(52-8)30-38(34)40(46)26-32-13-17-36(48-4)18-14-32/h11-18,27-30,39-40H,9-10,19-26H2,1-8H3/q+2/t39-,40+,45-,46-/m0/s1. The maximum absolute atomic E-state index is 5.82. The topological polar surface area (TPSA) is 55.4 Å². The quantitative estimate of drug-likeness (QED) is 0.0928. The highest BCUT2D eigenvalue weighted by Gasteiger charge is 2.42. The number of hydrogen-bond acceptors (Lipinski definition) is 6. The van der Waals surface area contributed by atoms with E-state index in [0.717, 1.165) is 108 Å². The lowest BCUT2D eigenvalue weighted by atomic mass is 9.85. The van der Waals surface area contributed by atoms with Gasteiger partial charge in [0.1, 0.15) is 23.6 Å². The van der Waals surface area contributed by atoms with Gasteiger partial charge < -0.3 is 37.4 Å². The molecule has 4 atom stereocenters. The number of quaternary nitrogens is 2. The zero-order chi connectivity index (χ0) is 36.9. The van der Waals surface area contributed by atoms with E-state index in [0.29, 0.717) is 12.1 Å². The molecule has 8 heteroatoms. The number of fused-ring (bicyclic) bond motifs is 2. The van der Waals surface area contributed by atoms with E-state index in [1.54, 1.807) is 42.7 Å². The van der Waals surface area contributed by atoms with E-state index >= 15 is 0 Å². The van der Waals surface area contributed by atoms with Crippen molar-refractivity contribution in [2.45, 2.75) is 50.6 Å². The summed E-state index contributed by atoms with van der Waals surface area (Å²) in [7, 11) is 15.3. The minimum Gasteiger partial charge on any atom is -0.497 e. The van der Waals surface area contributed by atoms with Gasteiger partial charge in [0.25, 0.3) is 0 Å². The minimum atomic E-state index is 0.300. The molecule has 0 fully saturated rings. The number of nitrogens with zero attached hydrogens (tertiary/aromatic N) is 2. The summed E-state index contributed by atoms with van der Waals surface area (Å²) in [6.07, 6.45) is 6.24. The van der Waals surface area contributed by atoms with Gasteiger partial charge in [0.05, 0.1) is 82.9 Å². The van der Waals surface area contributed by atoms with Crippen molar-refractivity contribution < 1.29 is 37.4 Å². The number of methoxy groups -OCH3 is 6. The molecule has 2 aliphatic rings. The first-order valence-corrected chi connectivity index (χ1v) is 18.6. The summed E-state index contributed by atoms with van der Waals surface area (Å²) in [5, 5.41) is 0. The lowest BCUT2D eigenvalue weighted by molar-refractivity contribution is -0.947. The Morgan fingerprint density at radius 1 is 0.481 bits per heavy atom. The maximum Gasteiger partial charge on any atom is 0.161 e. The number of benzene rings is 4. The summed E-state index contributed by atoms with van der Waals surface area (Å²) in [6.45, 7) is 4.40. The average Bonchev–Trinajstić information content (AvgIpc) is 3.18. The Kier molecular flexibility index (Phi) is 11.6. The second-order valence-corrected chi connectivity index (χ2v) is 15.0. The summed E-state index contributed by atoms with van der Waals surface area (Å²) >= 11 is 0. The van der Waals surface area contributed by atoms with Gasteiger partial charge in [-0.15, -0.1) is 0 Å². The van der Waals surface area contributed by atoms with Gasteiger partial charge in [-0.05, 0) is 70.8 Å². The normalized spacial score (nSPS) is 22.2. The summed E-state index contributed by atoms with van der Waals surface area (Å²) in [4.78, 5) is 0. The fourth-order valence-electron chi connectivity index (χ4n) is 8.77. The van der Waals surface area contributed by atoms with Gasteiger partial charge in [-0.25, -0.2) is 0 Å². The molecule has 0 spiro atoms. The van der Waals surface area contributed by atoms with Gasteiger partial charge in [-0.1, -0.05) is 24.3 Å². The molecular weight excluding hydrogens is 652 g/mol. The summed E-state index contributed by atoms with van der Waals surface area (Å²) in [5.74, 6) is 4.98. The summed E-state index contributed by atoms with van der Waals surface area (Å²) in [6, 6.07) is 26.6. The molecule has 2 aliphatic heterocycles. The molecule has 0 aromatic heterocycles. The Morgan fingerprint density at radius 2 is 0.827 bits per heavy atom. The van der Waals surface area contributed by atoms with Crippen molar-refractivity contribution in [3.63, 3.8) is 0 Å². The molecular formula is C44H58N2O6+2. The van der Waals surface area contributed by atoms with Gasteiger partial charge in [0.2, 0.25) is 0 Å². The smallest absolute Gasteiger partial charge is 0.161 e. The molecule has 4 aromatic rings. The molecule has 4 aromatic carbocycles. The first-order valence-electron chi connectivity index (χ1n) is 18.6. The van der Waals surface area contributed by atoms with Crippen LogP contribution in [0.5, 0.6) is 34.5 Å². The summed E-state index contributed by atoms with van der Waals surface area (Å²) in [5.41, 5.74) is 8.11. The van der Waals surface area contributed by atoms with Crippen LogP contribution in [0.2, 0.25) is 0 Å². The van der Waals surface area contributed by atoms with Crippen LogP contribution in [0, 0.1) is 0 Å². The van der Waals surface area contributed by atoms with E-state index < -0.39 is 0 Å². The molecule has 0 amide bonds. The molecule has 0 unspecified atom stereocenters.